The summed E-state index contributed by atoms with van der Waals surface area (Å²) < 4.78 is 58.9. The van der Waals surface area contributed by atoms with Gasteiger partial charge in [-0.25, -0.2) is 0 Å². The zero-order chi connectivity index (χ0) is 18.2. The van der Waals surface area contributed by atoms with Crippen LogP contribution in [0.25, 0.3) is 0 Å². The summed E-state index contributed by atoms with van der Waals surface area (Å²) in [6, 6.07) is 3.94. The van der Waals surface area contributed by atoms with E-state index in [2.05, 4.69) is 18.9 Å². The quantitative estimate of drug-likeness (QED) is 0.303. The summed E-state index contributed by atoms with van der Waals surface area (Å²) in [5.41, 5.74) is -1.68. The third-order valence-corrected chi connectivity index (χ3v) is 1.86. The zero-order valence-corrected chi connectivity index (χ0v) is 13.6. The van der Waals surface area contributed by atoms with E-state index in [0.717, 1.165) is 0 Å². The molecule has 2 N–H and O–H groups in total. The summed E-state index contributed by atoms with van der Waals surface area (Å²) in [4.78, 5) is 0. The van der Waals surface area contributed by atoms with Crippen molar-refractivity contribution in [2.75, 3.05) is 0 Å². The Bertz CT molecular complexity index is 621. The molecule has 0 heterocycles. The lowest BCUT2D eigenvalue weighted by Crippen LogP contribution is -2.17. The second-order valence-electron chi connectivity index (χ2n) is 4.53. The van der Waals surface area contributed by atoms with Crippen LogP contribution in [0.4, 0.5) is 0 Å². The molecule has 0 rings (SSSR count). The molecule has 0 aliphatic heterocycles. The average molecular weight is 358 g/mol. The van der Waals surface area contributed by atoms with E-state index in [0.29, 0.717) is 0 Å². The molecule has 0 fully saturated rings. The molecular weight excluding hydrogens is 344 g/mol. The Morgan fingerprint density at radius 1 is 0.818 bits per heavy atom. The van der Waals surface area contributed by atoms with Crippen molar-refractivity contribution in [1.29, 1.82) is 10.5 Å². The Labute approximate surface area is 127 Å². The van der Waals surface area contributed by atoms with Gasteiger partial charge in [0, 0.05) is 0 Å². The second-order valence-corrected chi connectivity index (χ2v) is 6.52. The van der Waals surface area contributed by atoms with Gasteiger partial charge in [0.2, 0.25) is 0 Å². The van der Waals surface area contributed by atoms with Crippen molar-refractivity contribution in [3.63, 3.8) is 0 Å². The van der Waals surface area contributed by atoms with E-state index in [4.69, 9.17) is 19.6 Å². The van der Waals surface area contributed by atoms with Crippen molar-refractivity contribution in [1.82, 2.24) is 0 Å². The molecule has 0 spiro atoms. The highest BCUT2D eigenvalue weighted by molar-refractivity contribution is 7.83. The summed E-state index contributed by atoms with van der Waals surface area (Å²) >= 11 is 0. The maximum atomic E-state index is 9.51. The van der Waals surface area contributed by atoms with Crippen LogP contribution in [0.3, 0.4) is 0 Å². The minimum absolute atomic E-state index is 0.839. The maximum Gasteiger partial charge on any atom is 0.425 e. The van der Waals surface area contributed by atoms with Crippen LogP contribution in [0.2, 0.25) is 0 Å². The van der Waals surface area contributed by atoms with Gasteiger partial charge in [-0.3, -0.25) is 9.11 Å². The van der Waals surface area contributed by atoms with Gasteiger partial charge in [-0.05, 0) is 27.7 Å². The molecule has 0 saturated heterocycles. The highest BCUT2D eigenvalue weighted by Crippen LogP contribution is 2.13. The standard InChI is InChI=1S/C8H12N4.H2O8S2/c1-7(2,5-9)11-12-8(3,4)6-10;1-9(2,3)7-8-10(4,5)6/h1-4H3;(H,1,2,3)(H,4,5,6). The van der Waals surface area contributed by atoms with Crippen LogP contribution < -0.4 is 0 Å². The van der Waals surface area contributed by atoms with E-state index in [9.17, 15) is 16.8 Å². The molecule has 0 aromatic heterocycles. The Kier molecular flexibility index (Phi) is 8.30. The topological polar surface area (TPSA) is 199 Å². The van der Waals surface area contributed by atoms with Gasteiger partial charge < -0.3 is 0 Å². The van der Waals surface area contributed by atoms with Crippen LogP contribution in [0.5, 0.6) is 0 Å². The van der Waals surface area contributed by atoms with Crippen molar-refractivity contribution in [3.05, 3.63) is 0 Å². The van der Waals surface area contributed by atoms with Crippen LogP contribution in [-0.4, -0.2) is 37.0 Å². The molecule has 14 heteroatoms. The Hall–Kier alpha value is -1.68. The third kappa shape index (κ3) is 16.4. The lowest BCUT2D eigenvalue weighted by atomic mass is 10.1. The fraction of sp³-hybridized carbons (Fsp3) is 0.750. The van der Waals surface area contributed by atoms with E-state index in [1.807, 2.05) is 12.1 Å². The first-order valence-corrected chi connectivity index (χ1v) is 7.86. The van der Waals surface area contributed by atoms with Crippen molar-refractivity contribution >= 4 is 20.8 Å². The van der Waals surface area contributed by atoms with Crippen LogP contribution in [0.1, 0.15) is 27.7 Å². The van der Waals surface area contributed by atoms with E-state index >= 15 is 0 Å². The number of rotatable bonds is 5. The van der Waals surface area contributed by atoms with Gasteiger partial charge in [0.1, 0.15) is 0 Å². The Balaban J connectivity index is 0. The normalized spacial score (nSPS) is 12.9. The molecule has 0 unspecified atom stereocenters. The number of nitriles is 2. The number of nitrogens with zero attached hydrogens (tertiary/aromatic N) is 4. The molecule has 0 bridgehead atoms. The van der Waals surface area contributed by atoms with Gasteiger partial charge in [-0.1, -0.05) is 8.67 Å². The predicted molar refractivity (Wildman–Crippen MR) is 69.5 cm³/mol. The summed E-state index contributed by atoms with van der Waals surface area (Å²) in [5.74, 6) is 0. The molecule has 126 valence electrons. The summed E-state index contributed by atoms with van der Waals surface area (Å²) in [6.45, 7) is 6.57. The van der Waals surface area contributed by atoms with Crippen molar-refractivity contribution < 1.29 is 34.6 Å². The summed E-state index contributed by atoms with van der Waals surface area (Å²) in [5, 5.41) is 24.7. The first-order chi connectivity index (χ1) is 9.54. The summed E-state index contributed by atoms with van der Waals surface area (Å²) in [7, 11) is -10.0. The van der Waals surface area contributed by atoms with E-state index in [1.165, 1.54) is 0 Å². The molecule has 0 saturated carbocycles. The van der Waals surface area contributed by atoms with Crippen molar-refractivity contribution in [3.8, 4) is 12.1 Å². The fourth-order valence-corrected chi connectivity index (χ4v) is 0.927. The molecule has 0 atom stereocenters. The van der Waals surface area contributed by atoms with Gasteiger partial charge in [-0.15, -0.1) is 0 Å². The minimum atomic E-state index is -5.02. The molecule has 22 heavy (non-hydrogen) atoms. The van der Waals surface area contributed by atoms with Gasteiger partial charge in [0.05, 0.1) is 12.1 Å². The second kappa shape index (κ2) is 8.08. The molecule has 0 aliphatic carbocycles. The molecular formula is C8H14N4O8S2. The van der Waals surface area contributed by atoms with Crippen molar-refractivity contribution in [2.24, 2.45) is 10.2 Å². The monoisotopic (exact) mass is 358 g/mol. The van der Waals surface area contributed by atoms with Crippen LogP contribution in [-0.2, 0) is 29.5 Å². The molecule has 0 aromatic carbocycles. The van der Waals surface area contributed by atoms with Gasteiger partial charge in [0.15, 0.2) is 11.1 Å². The lowest BCUT2D eigenvalue weighted by molar-refractivity contribution is -0.105. The smallest absolute Gasteiger partial charge is 0.262 e. The van der Waals surface area contributed by atoms with Crippen LogP contribution in [0, 0.1) is 22.7 Å². The van der Waals surface area contributed by atoms with Gasteiger partial charge in [0.25, 0.3) is 0 Å². The number of hydrogen-bond donors (Lipinski definition) is 2. The maximum absolute atomic E-state index is 9.51. The van der Waals surface area contributed by atoms with Gasteiger partial charge in [-0.2, -0.15) is 37.6 Å². The molecule has 0 aromatic rings. The Morgan fingerprint density at radius 2 is 1.05 bits per heavy atom. The predicted octanol–water partition coefficient (Wildman–Crippen LogP) is 0.583. The first-order valence-electron chi connectivity index (χ1n) is 5.13. The van der Waals surface area contributed by atoms with E-state index < -0.39 is 31.9 Å². The summed E-state index contributed by atoms with van der Waals surface area (Å²) in [6.07, 6.45) is 0. The minimum Gasteiger partial charge on any atom is -0.262 e. The largest absolute Gasteiger partial charge is 0.425 e. The SMILES string of the molecule is CC(C)(C#N)N=NC(C)(C)C#N.O=S(=O)(O)OOS(=O)(=O)O. The van der Waals surface area contributed by atoms with Crippen molar-refractivity contribution in [2.45, 2.75) is 38.8 Å². The molecule has 12 nitrogen and oxygen atoms in total. The van der Waals surface area contributed by atoms with Gasteiger partial charge >= 0.3 is 20.8 Å². The number of azo groups is 1. The highest BCUT2D eigenvalue weighted by Gasteiger charge is 2.19. The van der Waals surface area contributed by atoms with E-state index in [-0.39, 0.29) is 0 Å². The first kappa shape index (κ1) is 22.6. The van der Waals surface area contributed by atoms with E-state index in [1.54, 1.807) is 27.7 Å². The fourth-order valence-electron chi connectivity index (χ4n) is 0.365. The highest BCUT2D eigenvalue weighted by atomic mass is 32.3. The third-order valence-electron chi connectivity index (χ3n) is 1.30. The molecule has 0 amide bonds. The Morgan fingerprint density at radius 3 is 1.18 bits per heavy atom. The average Bonchev–Trinajstić information content (AvgIpc) is 2.34. The molecule has 0 radical (unpaired) electrons. The molecule has 0 aliphatic rings. The number of hydrogen-bond acceptors (Lipinski definition) is 10. The zero-order valence-electron chi connectivity index (χ0n) is 11.9. The lowest BCUT2D eigenvalue weighted by Gasteiger charge is -2.11. The van der Waals surface area contributed by atoms with Crippen LogP contribution >= 0.6 is 0 Å². The van der Waals surface area contributed by atoms with Crippen LogP contribution in [0.15, 0.2) is 10.2 Å².